The molecule has 90 valence electrons. The number of hydrogen-bond donors (Lipinski definition) is 2. The third-order valence-electron chi connectivity index (χ3n) is 2.56. The van der Waals surface area contributed by atoms with Crippen LogP contribution in [-0.2, 0) is 11.3 Å². The number of thiophene rings is 1. The zero-order chi connectivity index (χ0) is 12.5. The summed E-state index contributed by atoms with van der Waals surface area (Å²) in [6.07, 6.45) is 0. The molecule has 1 amide bonds. The van der Waals surface area contributed by atoms with Gasteiger partial charge in [-0.15, -0.1) is 11.3 Å². The topological polar surface area (TPSA) is 49.3 Å². The summed E-state index contributed by atoms with van der Waals surface area (Å²) in [6, 6.07) is 8.08. The maximum atomic E-state index is 11.5. The molecule has 0 saturated carbocycles. The molecule has 3 nitrogen and oxygen atoms in total. The fourth-order valence-corrected chi connectivity index (χ4v) is 2.52. The number of carbonyl (C=O) groups excluding carboxylic acids is 1. The van der Waals surface area contributed by atoms with Gasteiger partial charge in [0.15, 0.2) is 0 Å². The molecule has 4 heteroatoms. The fraction of sp³-hybridized carbons (Fsp3) is 0.308. The maximum absolute atomic E-state index is 11.5. The molecule has 0 spiro atoms. The van der Waals surface area contributed by atoms with Gasteiger partial charge >= 0.3 is 0 Å². The largest absolute Gasteiger partial charge is 0.381 e. The molecule has 0 bridgehead atoms. The molecular formula is C13H15NO2S. The van der Waals surface area contributed by atoms with Crippen LogP contribution in [0.15, 0.2) is 29.6 Å². The van der Waals surface area contributed by atoms with Crippen molar-refractivity contribution in [3.63, 3.8) is 0 Å². The number of fused-ring (bicyclic) bond motifs is 1. The van der Waals surface area contributed by atoms with E-state index in [2.05, 4.69) is 11.4 Å². The van der Waals surface area contributed by atoms with Gasteiger partial charge in [0.25, 0.3) is 5.91 Å². The van der Waals surface area contributed by atoms with Crippen molar-refractivity contribution >= 4 is 27.3 Å². The van der Waals surface area contributed by atoms with E-state index in [9.17, 15) is 9.90 Å². The number of benzene rings is 1. The molecule has 0 aliphatic rings. The number of hydrogen-bond acceptors (Lipinski definition) is 3. The predicted octanol–water partition coefficient (Wildman–Crippen LogP) is 2.29. The van der Waals surface area contributed by atoms with E-state index in [1.54, 1.807) is 11.3 Å². The molecule has 0 radical (unpaired) electrons. The summed E-state index contributed by atoms with van der Waals surface area (Å²) in [7, 11) is 0. The molecule has 0 aliphatic heterocycles. The third-order valence-corrected chi connectivity index (χ3v) is 3.57. The minimum absolute atomic E-state index is 0.354. The van der Waals surface area contributed by atoms with Gasteiger partial charge < -0.3 is 10.4 Å². The first kappa shape index (κ1) is 12.1. The van der Waals surface area contributed by atoms with Crippen molar-refractivity contribution in [2.75, 3.05) is 0 Å². The average molecular weight is 249 g/mol. The Morgan fingerprint density at radius 1 is 1.41 bits per heavy atom. The van der Waals surface area contributed by atoms with E-state index in [-0.39, 0.29) is 5.91 Å². The summed E-state index contributed by atoms with van der Waals surface area (Å²) in [5.74, 6) is -0.354. The van der Waals surface area contributed by atoms with Gasteiger partial charge in [-0.25, -0.2) is 0 Å². The van der Waals surface area contributed by atoms with E-state index in [0.29, 0.717) is 6.54 Å². The van der Waals surface area contributed by atoms with Gasteiger partial charge in [0.05, 0.1) is 0 Å². The molecule has 0 fully saturated rings. The summed E-state index contributed by atoms with van der Waals surface area (Å²) >= 11 is 1.66. The Kier molecular flexibility index (Phi) is 3.17. The minimum Gasteiger partial charge on any atom is -0.381 e. The van der Waals surface area contributed by atoms with E-state index in [1.165, 1.54) is 18.5 Å². The molecule has 1 heterocycles. The van der Waals surface area contributed by atoms with Crippen LogP contribution in [0.2, 0.25) is 0 Å². The number of nitrogens with one attached hydrogen (secondary N) is 1. The van der Waals surface area contributed by atoms with Gasteiger partial charge in [0.2, 0.25) is 0 Å². The Bertz CT molecular complexity index is 540. The van der Waals surface area contributed by atoms with E-state index in [0.717, 1.165) is 10.9 Å². The molecule has 0 atom stereocenters. The summed E-state index contributed by atoms with van der Waals surface area (Å²) < 4.78 is 1.21. The first-order valence-electron chi connectivity index (χ1n) is 5.44. The molecule has 1 aromatic carbocycles. The zero-order valence-electron chi connectivity index (χ0n) is 9.86. The molecule has 0 unspecified atom stereocenters. The van der Waals surface area contributed by atoms with Crippen LogP contribution < -0.4 is 5.32 Å². The van der Waals surface area contributed by atoms with Crippen molar-refractivity contribution in [3.05, 3.63) is 35.2 Å². The van der Waals surface area contributed by atoms with E-state index < -0.39 is 5.60 Å². The van der Waals surface area contributed by atoms with Gasteiger partial charge in [-0.2, -0.15) is 0 Å². The lowest BCUT2D eigenvalue weighted by atomic mass is 10.1. The number of aliphatic hydroxyl groups is 1. The molecule has 0 aliphatic carbocycles. The SMILES string of the molecule is CC(C)(O)C(=O)NCc1csc2ccccc12. The first-order chi connectivity index (χ1) is 7.98. The Balaban J connectivity index is 2.12. The molecular weight excluding hydrogens is 234 g/mol. The van der Waals surface area contributed by atoms with Crippen LogP contribution >= 0.6 is 11.3 Å². The quantitative estimate of drug-likeness (QED) is 0.877. The monoisotopic (exact) mass is 249 g/mol. The minimum atomic E-state index is -1.33. The maximum Gasteiger partial charge on any atom is 0.251 e. The number of carbonyl (C=O) groups is 1. The molecule has 2 rings (SSSR count). The fourth-order valence-electron chi connectivity index (χ4n) is 1.56. The van der Waals surface area contributed by atoms with Crippen LogP contribution in [0.4, 0.5) is 0 Å². The van der Waals surface area contributed by atoms with Crippen molar-refractivity contribution in [3.8, 4) is 0 Å². The summed E-state index contributed by atoms with van der Waals surface area (Å²) in [4.78, 5) is 11.5. The van der Waals surface area contributed by atoms with Gasteiger partial charge in [0.1, 0.15) is 5.60 Å². The number of rotatable bonds is 3. The number of amides is 1. The van der Waals surface area contributed by atoms with Gasteiger partial charge in [-0.3, -0.25) is 4.79 Å². The van der Waals surface area contributed by atoms with Crippen LogP contribution in [-0.4, -0.2) is 16.6 Å². The summed E-state index contributed by atoms with van der Waals surface area (Å²) in [6.45, 7) is 3.41. The smallest absolute Gasteiger partial charge is 0.251 e. The van der Waals surface area contributed by atoms with E-state index in [1.807, 2.05) is 23.6 Å². The van der Waals surface area contributed by atoms with Crippen molar-refractivity contribution in [2.45, 2.75) is 26.0 Å². The third kappa shape index (κ3) is 2.65. The highest BCUT2D eigenvalue weighted by Crippen LogP contribution is 2.25. The second-order valence-electron chi connectivity index (χ2n) is 4.50. The van der Waals surface area contributed by atoms with E-state index in [4.69, 9.17) is 0 Å². The van der Waals surface area contributed by atoms with E-state index >= 15 is 0 Å². The molecule has 0 saturated heterocycles. The lowest BCUT2D eigenvalue weighted by Crippen LogP contribution is -2.41. The lowest BCUT2D eigenvalue weighted by Gasteiger charge is -2.16. The van der Waals surface area contributed by atoms with Gasteiger partial charge in [-0.1, -0.05) is 18.2 Å². The van der Waals surface area contributed by atoms with Crippen molar-refractivity contribution in [2.24, 2.45) is 0 Å². The highest BCUT2D eigenvalue weighted by atomic mass is 32.1. The van der Waals surface area contributed by atoms with Crippen LogP contribution in [0, 0.1) is 0 Å². The van der Waals surface area contributed by atoms with Crippen LogP contribution in [0.25, 0.3) is 10.1 Å². The second kappa shape index (κ2) is 4.47. The van der Waals surface area contributed by atoms with Gasteiger partial charge in [0, 0.05) is 11.2 Å². The predicted molar refractivity (Wildman–Crippen MR) is 70.0 cm³/mol. The lowest BCUT2D eigenvalue weighted by molar-refractivity contribution is -0.136. The average Bonchev–Trinajstić information content (AvgIpc) is 2.68. The summed E-state index contributed by atoms with van der Waals surface area (Å²) in [5, 5.41) is 15.5. The summed E-state index contributed by atoms with van der Waals surface area (Å²) in [5.41, 5.74) is -0.241. The first-order valence-corrected chi connectivity index (χ1v) is 6.32. The normalized spacial score (nSPS) is 11.7. The van der Waals surface area contributed by atoms with Crippen LogP contribution in [0.3, 0.4) is 0 Å². The van der Waals surface area contributed by atoms with Crippen molar-refractivity contribution in [1.29, 1.82) is 0 Å². The highest BCUT2D eigenvalue weighted by molar-refractivity contribution is 7.17. The Morgan fingerprint density at radius 2 is 2.12 bits per heavy atom. The van der Waals surface area contributed by atoms with Crippen LogP contribution in [0.5, 0.6) is 0 Å². The molecule has 1 aromatic heterocycles. The van der Waals surface area contributed by atoms with Gasteiger partial charge in [-0.05, 0) is 36.2 Å². The Morgan fingerprint density at radius 3 is 2.82 bits per heavy atom. The second-order valence-corrected chi connectivity index (χ2v) is 5.41. The van der Waals surface area contributed by atoms with Crippen LogP contribution in [0.1, 0.15) is 19.4 Å². The molecule has 2 aromatic rings. The molecule has 2 N–H and O–H groups in total. The standard InChI is InChI=1S/C13H15NO2S/c1-13(2,16)12(15)14-7-9-8-17-11-6-4-3-5-10(9)11/h3-6,8,16H,7H2,1-2H3,(H,14,15). The Labute approximate surface area is 104 Å². The van der Waals surface area contributed by atoms with Crippen molar-refractivity contribution < 1.29 is 9.90 Å². The Hall–Kier alpha value is -1.39. The highest BCUT2D eigenvalue weighted by Gasteiger charge is 2.23. The van der Waals surface area contributed by atoms with Crippen molar-refractivity contribution in [1.82, 2.24) is 5.32 Å². The molecule has 17 heavy (non-hydrogen) atoms. The zero-order valence-corrected chi connectivity index (χ0v) is 10.7.